The van der Waals surface area contributed by atoms with E-state index in [2.05, 4.69) is 0 Å². The number of thioether (sulfide) groups is 1. The van der Waals surface area contributed by atoms with E-state index in [1.54, 1.807) is 4.31 Å². The molecule has 110 valence electrons. The Balaban J connectivity index is 1.57. The predicted octanol–water partition coefficient (Wildman–Crippen LogP) is 2.17. The molecule has 20 heavy (non-hydrogen) atoms. The summed E-state index contributed by atoms with van der Waals surface area (Å²) in [6.45, 7) is 0.741. The molecule has 2 N–H and O–H groups in total. The number of piperidine rings is 1. The summed E-state index contributed by atoms with van der Waals surface area (Å²) in [6.07, 6.45) is 3.31. The molecule has 6 heteroatoms. The Kier molecular flexibility index (Phi) is 3.97. The van der Waals surface area contributed by atoms with Crippen molar-refractivity contribution in [2.45, 2.75) is 30.2 Å². The molecule has 2 unspecified atom stereocenters. The number of hydrogen-bond donors (Lipinski definition) is 1. The molecule has 1 heterocycles. The van der Waals surface area contributed by atoms with Crippen LogP contribution in [-0.2, 0) is 10.0 Å². The van der Waals surface area contributed by atoms with Crippen LogP contribution in [0.5, 0.6) is 0 Å². The number of para-hydroxylation sites is 1. The average Bonchev–Trinajstić information content (AvgIpc) is 3.03. The highest BCUT2D eigenvalue weighted by Crippen LogP contribution is 2.39. The summed E-state index contributed by atoms with van der Waals surface area (Å²) in [5.41, 5.74) is 6.58. The number of anilines is 1. The monoisotopic (exact) mass is 312 g/mol. The van der Waals surface area contributed by atoms with Crippen LogP contribution < -0.4 is 5.73 Å². The highest BCUT2D eigenvalue weighted by molar-refractivity contribution is 8.00. The van der Waals surface area contributed by atoms with E-state index in [0.29, 0.717) is 11.7 Å². The Bertz CT molecular complexity index is 589. The molecule has 2 aliphatic rings. The number of benzene rings is 1. The minimum absolute atomic E-state index is 0.204. The zero-order valence-corrected chi connectivity index (χ0v) is 13.0. The summed E-state index contributed by atoms with van der Waals surface area (Å²) >= 11 is 1.52. The van der Waals surface area contributed by atoms with Gasteiger partial charge in [0, 0.05) is 28.9 Å². The minimum atomic E-state index is -3.10. The molecular weight excluding hydrogens is 292 g/mol. The van der Waals surface area contributed by atoms with Crippen LogP contribution in [0.25, 0.3) is 0 Å². The van der Waals surface area contributed by atoms with Crippen LogP contribution in [0.3, 0.4) is 0 Å². The topological polar surface area (TPSA) is 63.4 Å². The fraction of sp³-hybridized carbons (Fsp3) is 0.571. The Labute approximate surface area is 124 Å². The second-order valence-electron chi connectivity index (χ2n) is 5.60. The predicted molar refractivity (Wildman–Crippen MR) is 83.2 cm³/mol. The SMILES string of the molecule is Nc1ccccc1SCCS(=O)(=O)N1CC2CCC1C2. The van der Waals surface area contributed by atoms with Crippen LogP contribution >= 0.6 is 11.8 Å². The van der Waals surface area contributed by atoms with E-state index in [0.717, 1.165) is 30.0 Å². The van der Waals surface area contributed by atoms with E-state index in [1.807, 2.05) is 24.3 Å². The summed E-state index contributed by atoms with van der Waals surface area (Å²) in [6, 6.07) is 7.86. The summed E-state index contributed by atoms with van der Waals surface area (Å²) in [5.74, 6) is 1.37. The molecule has 0 radical (unpaired) electrons. The van der Waals surface area contributed by atoms with Gasteiger partial charge in [0.1, 0.15) is 0 Å². The maximum Gasteiger partial charge on any atom is 0.215 e. The molecular formula is C14H20N2O2S2. The van der Waals surface area contributed by atoms with Gasteiger partial charge in [0.15, 0.2) is 0 Å². The first-order valence-electron chi connectivity index (χ1n) is 7.03. The second-order valence-corrected chi connectivity index (χ2v) is 8.78. The van der Waals surface area contributed by atoms with Gasteiger partial charge in [0.2, 0.25) is 10.0 Å². The molecule has 1 aliphatic heterocycles. The molecule has 1 saturated heterocycles. The second kappa shape index (κ2) is 5.58. The fourth-order valence-electron chi connectivity index (χ4n) is 3.21. The third-order valence-corrected chi connectivity index (χ3v) is 7.47. The summed E-state index contributed by atoms with van der Waals surface area (Å²) < 4.78 is 26.5. The number of hydrogen-bond acceptors (Lipinski definition) is 4. The van der Waals surface area contributed by atoms with E-state index in [4.69, 9.17) is 5.73 Å². The van der Waals surface area contributed by atoms with Gasteiger partial charge in [-0.2, -0.15) is 4.31 Å². The van der Waals surface area contributed by atoms with Crippen LogP contribution in [0, 0.1) is 5.92 Å². The van der Waals surface area contributed by atoms with Gasteiger partial charge in [0.25, 0.3) is 0 Å². The Morgan fingerprint density at radius 3 is 2.75 bits per heavy atom. The van der Waals surface area contributed by atoms with Crippen LogP contribution in [0.4, 0.5) is 5.69 Å². The Morgan fingerprint density at radius 2 is 2.10 bits per heavy atom. The lowest BCUT2D eigenvalue weighted by atomic mass is 10.1. The minimum Gasteiger partial charge on any atom is -0.398 e. The molecule has 0 spiro atoms. The van der Waals surface area contributed by atoms with Crippen LogP contribution in [0.2, 0.25) is 0 Å². The van der Waals surface area contributed by atoms with Crippen LogP contribution in [0.15, 0.2) is 29.2 Å². The molecule has 0 aromatic heterocycles. The van der Waals surface area contributed by atoms with Crippen LogP contribution in [0.1, 0.15) is 19.3 Å². The molecule has 0 amide bonds. The number of nitrogen functional groups attached to an aromatic ring is 1. The van der Waals surface area contributed by atoms with Crippen molar-refractivity contribution >= 4 is 27.5 Å². The standard InChI is InChI=1S/C14H20N2O2S2/c15-13-3-1-2-4-14(13)19-7-8-20(17,18)16-10-11-5-6-12(16)9-11/h1-4,11-12H,5-10,15H2. The first-order chi connectivity index (χ1) is 9.56. The van der Waals surface area contributed by atoms with Crippen molar-refractivity contribution in [3.05, 3.63) is 24.3 Å². The highest BCUT2D eigenvalue weighted by atomic mass is 32.2. The molecule has 1 aromatic carbocycles. The molecule has 2 bridgehead atoms. The Morgan fingerprint density at radius 1 is 1.30 bits per heavy atom. The van der Waals surface area contributed by atoms with E-state index < -0.39 is 10.0 Å². The van der Waals surface area contributed by atoms with Crippen molar-refractivity contribution in [3.8, 4) is 0 Å². The average molecular weight is 312 g/mol. The lowest BCUT2D eigenvalue weighted by molar-refractivity contribution is 0.334. The summed E-state index contributed by atoms with van der Waals surface area (Å²) in [7, 11) is -3.10. The molecule has 2 fully saturated rings. The van der Waals surface area contributed by atoms with Gasteiger partial charge in [-0.05, 0) is 37.3 Å². The maximum atomic E-state index is 12.4. The van der Waals surface area contributed by atoms with E-state index in [-0.39, 0.29) is 11.8 Å². The first kappa shape index (κ1) is 14.2. The molecule has 2 atom stereocenters. The number of nitrogens with zero attached hydrogens (tertiary/aromatic N) is 1. The quantitative estimate of drug-likeness (QED) is 0.668. The number of fused-ring (bicyclic) bond motifs is 2. The normalized spacial score (nSPS) is 26.2. The molecule has 1 aromatic rings. The molecule has 3 rings (SSSR count). The van der Waals surface area contributed by atoms with E-state index in [9.17, 15) is 8.42 Å². The van der Waals surface area contributed by atoms with E-state index >= 15 is 0 Å². The molecule has 1 aliphatic carbocycles. The van der Waals surface area contributed by atoms with Gasteiger partial charge in [-0.15, -0.1) is 11.8 Å². The third-order valence-electron chi connectivity index (χ3n) is 4.23. The highest BCUT2D eigenvalue weighted by Gasteiger charge is 2.43. The lowest BCUT2D eigenvalue weighted by Crippen LogP contribution is -2.39. The third kappa shape index (κ3) is 2.82. The van der Waals surface area contributed by atoms with E-state index in [1.165, 1.54) is 18.2 Å². The number of sulfonamides is 1. The maximum absolute atomic E-state index is 12.4. The molecule has 4 nitrogen and oxygen atoms in total. The van der Waals surface area contributed by atoms with Crippen molar-refractivity contribution in [2.75, 3.05) is 23.8 Å². The smallest absolute Gasteiger partial charge is 0.215 e. The van der Waals surface area contributed by atoms with Crippen LogP contribution in [-0.4, -0.2) is 36.8 Å². The van der Waals surface area contributed by atoms with Crippen molar-refractivity contribution < 1.29 is 8.42 Å². The summed E-state index contributed by atoms with van der Waals surface area (Å²) in [4.78, 5) is 0.964. The Hall–Kier alpha value is -0.720. The zero-order valence-electron chi connectivity index (χ0n) is 11.4. The van der Waals surface area contributed by atoms with Crippen molar-refractivity contribution in [1.82, 2.24) is 4.31 Å². The summed E-state index contributed by atoms with van der Waals surface area (Å²) in [5, 5.41) is 0. The van der Waals surface area contributed by atoms with Crippen molar-refractivity contribution in [3.63, 3.8) is 0 Å². The number of nitrogens with two attached hydrogens (primary N) is 1. The number of rotatable bonds is 5. The van der Waals surface area contributed by atoms with Gasteiger partial charge in [0.05, 0.1) is 5.75 Å². The fourth-order valence-corrected chi connectivity index (χ4v) is 6.33. The lowest BCUT2D eigenvalue weighted by Gasteiger charge is -2.26. The molecule has 1 saturated carbocycles. The van der Waals surface area contributed by atoms with Crippen molar-refractivity contribution in [1.29, 1.82) is 0 Å². The van der Waals surface area contributed by atoms with Gasteiger partial charge < -0.3 is 5.73 Å². The van der Waals surface area contributed by atoms with Gasteiger partial charge in [-0.1, -0.05) is 12.1 Å². The zero-order chi connectivity index (χ0) is 14.2. The van der Waals surface area contributed by atoms with Gasteiger partial charge in [-0.3, -0.25) is 0 Å². The van der Waals surface area contributed by atoms with Gasteiger partial charge in [-0.25, -0.2) is 8.42 Å². The first-order valence-corrected chi connectivity index (χ1v) is 9.62. The van der Waals surface area contributed by atoms with Crippen molar-refractivity contribution in [2.24, 2.45) is 5.92 Å². The van der Waals surface area contributed by atoms with Gasteiger partial charge >= 0.3 is 0 Å². The largest absolute Gasteiger partial charge is 0.398 e.